The Labute approximate surface area is 125 Å². The monoisotopic (exact) mass is 305 g/mol. The molecule has 0 amide bonds. The summed E-state index contributed by atoms with van der Waals surface area (Å²) in [4.78, 5) is 19.0. The number of aromatic nitrogens is 2. The first-order chi connectivity index (χ1) is 9.51. The molecule has 2 aromatic rings. The van der Waals surface area contributed by atoms with Gasteiger partial charge in [-0.15, -0.1) is 0 Å². The van der Waals surface area contributed by atoms with Gasteiger partial charge in [-0.05, 0) is 12.1 Å². The van der Waals surface area contributed by atoms with Crippen LogP contribution in [-0.4, -0.2) is 15.2 Å². The molecule has 102 valence electrons. The highest BCUT2D eigenvalue weighted by atomic mass is 35.5. The number of nitriles is 1. The van der Waals surface area contributed by atoms with Crippen LogP contribution in [0.3, 0.4) is 0 Å². The summed E-state index contributed by atoms with van der Waals surface area (Å²) >= 11 is 7.29. The maximum absolute atomic E-state index is 12.0. The first-order valence-electron chi connectivity index (χ1n) is 5.98. The lowest BCUT2D eigenvalue weighted by molar-refractivity contribution is 0.925. The Balaban J connectivity index is 2.60. The summed E-state index contributed by atoms with van der Waals surface area (Å²) in [6, 6.07) is 8.81. The van der Waals surface area contributed by atoms with E-state index in [2.05, 4.69) is 9.97 Å². The van der Waals surface area contributed by atoms with E-state index in [1.807, 2.05) is 19.9 Å². The molecule has 6 heteroatoms. The van der Waals surface area contributed by atoms with Crippen LogP contribution in [0.15, 0.2) is 34.2 Å². The van der Waals surface area contributed by atoms with E-state index in [9.17, 15) is 4.79 Å². The lowest BCUT2D eigenvalue weighted by Gasteiger charge is -2.08. The maximum atomic E-state index is 12.0. The molecule has 0 aliphatic heterocycles. The van der Waals surface area contributed by atoms with Gasteiger partial charge in [-0.2, -0.15) is 5.26 Å². The third kappa shape index (κ3) is 3.21. The topological polar surface area (TPSA) is 69.5 Å². The second-order valence-corrected chi connectivity index (χ2v) is 6.38. The number of nitrogens with one attached hydrogen (secondary N) is 1. The summed E-state index contributed by atoms with van der Waals surface area (Å²) in [6.07, 6.45) is 0. The van der Waals surface area contributed by atoms with E-state index >= 15 is 0 Å². The summed E-state index contributed by atoms with van der Waals surface area (Å²) in [7, 11) is 0. The number of nitrogens with zero attached hydrogens (tertiary/aromatic N) is 2. The molecule has 0 bridgehead atoms. The Bertz CT molecular complexity index is 717. The number of H-pyrrole nitrogens is 1. The van der Waals surface area contributed by atoms with Gasteiger partial charge in [0.2, 0.25) is 0 Å². The van der Waals surface area contributed by atoms with Crippen LogP contribution >= 0.6 is 23.4 Å². The summed E-state index contributed by atoms with van der Waals surface area (Å²) in [5, 5.41) is 10.5. The van der Waals surface area contributed by atoms with Crippen LogP contribution in [0.4, 0.5) is 0 Å². The van der Waals surface area contributed by atoms with Crippen molar-refractivity contribution in [1.29, 1.82) is 5.26 Å². The van der Waals surface area contributed by atoms with E-state index in [0.29, 0.717) is 21.4 Å². The number of benzene rings is 1. The van der Waals surface area contributed by atoms with Crippen molar-refractivity contribution in [3.05, 3.63) is 45.2 Å². The molecular weight excluding hydrogens is 294 g/mol. The molecule has 0 atom stereocenters. The molecule has 0 aliphatic rings. The van der Waals surface area contributed by atoms with Gasteiger partial charge in [0, 0.05) is 15.8 Å². The van der Waals surface area contributed by atoms with E-state index in [4.69, 9.17) is 16.9 Å². The van der Waals surface area contributed by atoms with Gasteiger partial charge in [0.1, 0.15) is 11.6 Å². The molecule has 0 saturated carbocycles. The van der Waals surface area contributed by atoms with Gasteiger partial charge in [0.15, 0.2) is 5.16 Å². The van der Waals surface area contributed by atoms with E-state index < -0.39 is 5.56 Å². The fourth-order valence-corrected chi connectivity index (χ4v) is 2.52. The normalized spacial score (nSPS) is 10.6. The van der Waals surface area contributed by atoms with Crippen molar-refractivity contribution in [2.45, 2.75) is 24.3 Å². The molecule has 1 heterocycles. The fourth-order valence-electron chi connectivity index (χ4n) is 1.65. The fraction of sp³-hybridized carbons (Fsp3) is 0.214. The minimum atomic E-state index is -0.421. The third-order valence-corrected chi connectivity index (χ3v) is 3.61. The molecule has 0 unspecified atom stereocenters. The lowest BCUT2D eigenvalue weighted by atomic mass is 10.1. The van der Waals surface area contributed by atoms with Crippen LogP contribution in [0, 0.1) is 11.3 Å². The number of hydrogen-bond acceptors (Lipinski definition) is 4. The lowest BCUT2D eigenvalue weighted by Crippen LogP contribution is -2.15. The number of thioether (sulfide) groups is 1. The predicted molar refractivity (Wildman–Crippen MR) is 81.0 cm³/mol. The van der Waals surface area contributed by atoms with Crippen molar-refractivity contribution in [3.63, 3.8) is 0 Å². The first-order valence-corrected chi connectivity index (χ1v) is 7.24. The third-order valence-electron chi connectivity index (χ3n) is 2.47. The Morgan fingerprint density at radius 1 is 1.35 bits per heavy atom. The van der Waals surface area contributed by atoms with Crippen LogP contribution in [0.2, 0.25) is 5.02 Å². The smallest absolute Gasteiger partial charge is 0.270 e. The highest BCUT2D eigenvalue weighted by Gasteiger charge is 2.14. The zero-order valence-electron chi connectivity index (χ0n) is 11.0. The van der Waals surface area contributed by atoms with Gasteiger partial charge in [0.05, 0.1) is 5.69 Å². The van der Waals surface area contributed by atoms with Crippen LogP contribution in [0.1, 0.15) is 19.4 Å². The van der Waals surface area contributed by atoms with E-state index in [1.165, 1.54) is 11.8 Å². The zero-order chi connectivity index (χ0) is 14.7. The van der Waals surface area contributed by atoms with Crippen molar-refractivity contribution in [2.75, 3.05) is 0 Å². The summed E-state index contributed by atoms with van der Waals surface area (Å²) < 4.78 is 0. The SMILES string of the molecule is CC(C)Sc1nc(-c2ccc(Cl)cc2)c(C#N)c(=O)[nH]1. The molecule has 20 heavy (non-hydrogen) atoms. The molecule has 0 aliphatic carbocycles. The van der Waals surface area contributed by atoms with Crippen LogP contribution in [0.25, 0.3) is 11.3 Å². The molecule has 1 N–H and O–H groups in total. The molecule has 0 fully saturated rings. The minimum absolute atomic E-state index is 0.0143. The molecule has 2 rings (SSSR count). The standard InChI is InChI=1S/C14H12ClN3OS/c1-8(2)20-14-17-12(11(7-16)13(19)18-14)9-3-5-10(15)6-4-9/h3-6,8H,1-2H3,(H,17,18,19). The average Bonchev–Trinajstić information content (AvgIpc) is 2.38. The Morgan fingerprint density at radius 2 is 2.00 bits per heavy atom. The highest BCUT2D eigenvalue weighted by molar-refractivity contribution is 7.99. The van der Waals surface area contributed by atoms with Crippen LogP contribution in [-0.2, 0) is 0 Å². The van der Waals surface area contributed by atoms with Crippen LogP contribution in [0.5, 0.6) is 0 Å². The average molecular weight is 306 g/mol. The Morgan fingerprint density at radius 3 is 2.55 bits per heavy atom. The summed E-state index contributed by atoms with van der Waals surface area (Å²) in [6.45, 7) is 4.01. The van der Waals surface area contributed by atoms with Gasteiger partial charge in [-0.25, -0.2) is 4.98 Å². The van der Waals surface area contributed by atoms with Crippen molar-refractivity contribution in [2.24, 2.45) is 0 Å². The number of halogens is 1. The van der Waals surface area contributed by atoms with Gasteiger partial charge < -0.3 is 4.98 Å². The van der Waals surface area contributed by atoms with Gasteiger partial charge >= 0.3 is 0 Å². The zero-order valence-corrected chi connectivity index (χ0v) is 12.5. The van der Waals surface area contributed by atoms with Gasteiger partial charge in [-0.1, -0.05) is 49.3 Å². The number of hydrogen-bond donors (Lipinski definition) is 1. The Kier molecular flexibility index (Phi) is 4.48. The van der Waals surface area contributed by atoms with Crippen molar-refractivity contribution in [1.82, 2.24) is 9.97 Å². The van der Waals surface area contributed by atoms with Crippen molar-refractivity contribution < 1.29 is 0 Å². The van der Waals surface area contributed by atoms with Gasteiger partial charge in [0.25, 0.3) is 5.56 Å². The van der Waals surface area contributed by atoms with Crippen molar-refractivity contribution in [3.8, 4) is 17.3 Å². The molecular formula is C14H12ClN3OS. The second kappa shape index (κ2) is 6.12. The maximum Gasteiger partial charge on any atom is 0.270 e. The van der Waals surface area contributed by atoms with E-state index in [-0.39, 0.29) is 10.8 Å². The predicted octanol–water partition coefficient (Wildman–Crippen LogP) is 3.46. The van der Waals surface area contributed by atoms with E-state index in [0.717, 1.165) is 0 Å². The molecule has 1 aromatic heterocycles. The summed E-state index contributed by atoms with van der Waals surface area (Å²) in [5.74, 6) is 0. The van der Waals surface area contributed by atoms with E-state index in [1.54, 1.807) is 24.3 Å². The number of rotatable bonds is 3. The second-order valence-electron chi connectivity index (χ2n) is 4.38. The molecule has 0 saturated heterocycles. The van der Waals surface area contributed by atoms with Crippen LogP contribution < -0.4 is 5.56 Å². The largest absolute Gasteiger partial charge is 0.300 e. The molecule has 0 radical (unpaired) electrons. The highest BCUT2D eigenvalue weighted by Crippen LogP contribution is 2.24. The Hall–Kier alpha value is -1.77. The van der Waals surface area contributed by atoms with Gasteiger partial charge in [-0.3, -0.25) is 4.79 Å². The quantitative estimate of drug-likeness (QED) is 0.696. The molecule has 1 aromatic carbocycles. The number of aromatic amines is 1. The molecule has 4 nitrogen and oxygen atoms in total. The summed E-state index contributed by atoms with van der Waals surface area (Å²) in [5.41, 5.74) is 0.676. The molecule has 0 spiro atoms. The minimum Gasteiger partial charge on any atom is -0.300 e. The first kappa shape index (κ1) is 14.6. The van der Waals surface area contributed by atoms with Crippen molar-refractivity contribution >= 4 is 23.4 Å².